The largest absolute Gasteiger partial charge is 0.462 e. The molecule has 0 amide bonds. The van der Waals surface area contributed by atoms with E-state index in [0.29, 0.717) is 19.3 Å². The van der Waals surface area contributed by atoms with E-state index in [1.165, 1.54) is 70.6 Å². The Morgan fingerprint density at radius 3 is 1.17 bits per heavy atom. The molecule has 0 aliphatic rings. The summed E-state index contributed by atoms with van der Waals surface area (Å²) in [6.07, 6.45) is 46.8. The summed E-state index contributed by atoms with van der Waals surface area (Å²) in [7, 11) is 0. The van der Waals surface area contributed by atoms with Gasteiger partial charge in [0.1, 0.15) is 13.2 Å². The fraction of sp³-hybridized carbons (Fsp3) is 0.761. The normalized spacial score (nSPS) is 12.4. The second kappa shape index (κ2) is 41.1. The number of hydrogen-bond acceptors (Lipinski definition) is 6. The lowest BCUT2D eigenvalue weighted by molar-refractivity contribution is -0.167. The molecule has 0 heterocycles. The minimum absolute atomic E-state index is 0.0801. The van der Waals surface area contributed by atoms with Gasteiger partial charge in [-0.1, -0.05) is 179 Å². The van der Waals surface area contributed by atoms with Crippen LogP contribution in [0.1, 0.15) is 207 Å². The van der Waals surface area contributed by atoms with E-state index in [9.17, 15) is 14.4 Å². The molecule has 0 rings (SSSR count). The molecule has 0 aromatic heterocycles. The molecule has 0 aliphatic carbocycles. The predicted molar refractivity (Wildman–Crippen MR) is 219 cm³/mol. The second-order valence-corrected chi connectivity index (χ2v) is 14.2. The van der Waals surface area contributed by atoms with E-state index < -0.39 is 6.10 Å². The summed E-state index contributed by atoms with van der Waals surface area (Å²) in [6, 6.07) is 0. The lowest BCUT2D eigenvalue weighted by Gasteiger charge is -2.18. The van der Waals surface area contributed by atoms with Gasteiger partial charge in [0, 0.05) is 19.3 Å². The zero-order valence-electron chi connectivity index (χ0n) is 34.1. The number of rotatable bonds is 38. The van der Waals surface area contributed by atoms with Crippen LogP contribution in [0, 0.1) is 0 Å². The molecule has 0 N–H and O–H groups in total. The maximum atomic E-state index is 12.6. The quantitative estimate of drug-likeness (QED) is 0.0272. The van der Waals surface area contributed by atoms with Crippen molar-refractivity contribution in [2.45, 2.75) is 213 Å². The number of unbranched alkanes of at least 4 members (excludes halogenated alkanes) is 19. The van der Waals surface area contributed by atoms with E-state index in [2.05, 4.69) is 69.4 Å². The maximum Gasteiger partial charge on any atom is 0.306 e. The summed E-state index contributed by atoms with van der Waals surface area (Å²) in [5.41, 5.74) is 0. The molecular weight excluding hydrogens is 648 g/mol. The van der Waals surface area contributed by atoms with Gasteiger partial charge < -0.3 is 14.2 Å². The van der Waals surface area contributed by atoms with Crippen LogP contribution in [0.3, 0.4) is 0 Å². The van der Waals surface area contributed by atoms with Crippen molar-refractivity contribution in [2.24, 2.45) is 0 Å². The van der Waals surface area contributed by atoms with E-state index in [1.54, 1.807) is 0 Å². The summed E-state index contributed by atoms with van der Waals surface area (Å²) >= 11 is 0. The fourth-order valence-electron chi connectivity index (χ4n) is 5.84. The first-order chi connectivity index (χ1) is 25.5. The lowest BCUT2D eigenvalue weighted by atomic mass is 10.1. The van der Waals surface area contributed by atoms with E-state index in [-0.39, 0.29) is 31.1 Å². The number of carbonyl (C=O) groups is 3. The molecule has 6 nitrogen and oxygen atoms in total. The Morgan fingerprint density at radius 2 is 0.750 bits per heavy atom. The Hall–Kier alpha value is -2.63. The van der Waals surface area contributed by atoms with E-state index in [0.717, 1.165) is 96.3 Å². The smallest absolute Gasteiger partial charge is 0.306 e. The van der Waals surface area contributed by atoms with Crippen LogP contribution < -0.4 is 0 Å². The highest BCUT2D eigenvalue weighted by Crippen LogP contribution is 2.14. The number of hydrogen-bond donors (Lipinski definition) is 0. The number of esters is 3. The third kappa shape index (κ3) is 38.6. The van der Waals surface area contributed by atoms with Gasteiger partial charge in [0.05, 0.1) is 0 Å². The second-order valence-electron chi connectivity index (χ2n) is 14.2. The molecule has 300 valence electrons. The van der Waals surface area contributed by atoms with Crippen LogP contribution in [0.25, 0.3) is 0 Å². The SMILES string of the molecule is CC/C=C\C/C=C\C/C=C\C/C=C\CCCCCCC(=O)OCC(COC(=O)CCCCCCCC)OC(=O)CCCCCCCCCCCCC. The molecule has 0 aromatic rings. The van der Waals surface area contributed by atoms with Crippen LogP contribution in [0.2, 0.25) is 0 Å². The summed E-state index contributed by atoms with van der Waals surface area (Å²) < 4.78 is 16.6. The van der Waals surface area contributed by atoms with Gasteiger partial charge in [0.2, 0.25) is 0 Å². The standard InChI is InChI=1S/C46H80O6/c1-4-7-10-13-16-18-20-21-22-23-24-25-27-28-30-33-36-39-45(48)51-42-43(41-50-44(47)38-35-32-15-12-9-6-3)52-46(49)40-37-34-31-29-26-19-17-14-11-8-5-2/h7,10,16,18,21-22,24-25,43H,4-6,8-9,11-15,17,19-20,23,26-42H2,1-3H3/b10-7-,18-16-,22-21-,25-24-. The van der Waals surface area contributed by atoms with Crippen molar-refractivity contribution in [3.8, 4) is 0 Å². The topological polar surface area (TPSA) is 78.9 Å². The summed E-state index contributed by atoms with van der Waals surface area (Å²) in [4.78, 5) is 37.4. The highest BCUT2D eigenvalue weighted by molar-refractivity contribution is 5.71. The number of allylic oxidation sites excluding steroid dienone is 8. The molecule has 0 radical (unpaired) electrons. The van der Waals surface area contributed by atoms with Crippen LogP contribution >= 0.6 is 0 Å². The highest BCUT2D eigenvalue weighted by atomic mass is 16.6. The van der Waals surface area contributed by atoms with E-state index in [1.807, 2.05) is 0 Å². The molecule has 0 spiro atoms. The first-order valence-electron chi connectivity index (χ1n) is 21.6. The molecule has 0 bridgehead atoms. The Balaban J connectivity index is 4.31. The zero-order valence-corrected chi connectivity index (χ0v) is 34.1. The molecule has 1 unspecified atom stereocenters. The van der Waals surface area contributed by atoms with Gasteiger partial charge in [0.15, 0.2) is 6.10 Å². The molecule has 0 saturated heterocycles. The Bertz CT molecular complexity index is 933. The average Bonchev–Trinajstić information content (AvgIpc) is 3.14. The molecule has 0 aromatic carbocycles. The van der Waals surface area contributed by atoms with Crippen molar-refractivity contribution >= 4 is 17.9 Å². The molecule has 0 fully saturated rings. The third-order valence-electron chi connectivity index (χ3n) is 9.10. The summed E-state index contributed by atoms with van der Waals surface area (Å²) in [5.74, 6) is -0.917. The highest BCUT2D eigenvalue weighted by Gasteiger charge is 2.19. The minimum atomic E-state index is -0.774. The fourth-order valence-corrected chi connectivity index (χ4v) is 5.84. The predicted octanol–water partition coefficient (Wildman–Crippen LogP) is 13.6. The minimum Gasteiger partial charge on any atom is -0.462 e. The van der Waals surface area contributed by atoms with Crippen LogP contribution in [0.15, 0.2) is 48.6 Å². The van der Waals surface area contributed by atoms with Crippen molar-refractivity contribution in [1.82, 2.24) is 0 Å². The Labute approximate surface area is 320 Å². The Kier molecular flexibility index (Phi) is 39.1. The van der Waals surface area contributed by atoms with Crippen molar-refractivity contribution in [1.29, 1.82) is 0 Å². The van der Waals surface area contributed by atoms with Gasteiger partial charge >= 0.3 is 17.9 Å². The molecule has 0 saturated carbocycles. The van der Waals surface area contributed by atoms with Crippen LogP contribution in [-0.4, -0.2) is 37.2 Å². The van der Waals surface area contributed by atoms with Gasteiger partial charge in [-0.25, -0.2) is 0 Å². The molecule has 1 atom stereocenters. The Morgan fingerprint density at radius 1 is 0.404 bits per heavy atom. The third-order valence-corrected chi connectivity index (χ3v) is 9.10. The van der Waals surface area contributed by atoms with Crippen LogP contribution in [0.5, 0.6) is 0 Å². The average molecular weight is 729 g/mol. The molecular formula is C46H80O6. The first-order valence-corrected chi connectivity index (χ1v) is 21.6. The monoisotopic (exact) mass is 729 g/mol. The van der Waals surface area contributed by atoms with Crippen molar-refractivity contribution in [3.05, 3.63) is 48.6 Å². The van der Waals surface area contributed by atoms with E-state index in [4.69, 9.17) is 14.2 Å². The van der Waals surface area contributed by atoms with Crippen molar-refractivity contribution in [2.75, 3.05) is 13.2 Å². The van der Waals surface area contributed by atoms with Crippen molar-refractivity contribution < 1.29 is 28.6 Å². The zero-order chi connectivity index (χ0) is 38.0. The first kappa shape index (κ1) is 49.4. The van der Waals surface area contributed by atoms with Crippen LogP contribution in [0.4, 0.5) is 0 Å². The van der Waals surface area contributed by atoms with Gasteiger partial charge in [-0.2, -0.15) is 0 Å². The van der Waals surface area contributed by atoms with Gasteiger partial charge in [-0.05, 0) is 57.8 Å². The molecule has 52 heavy (non-hydrogen) atoms. The molecule has 0 aliphatic heterocycles. The van der Waals surface area contributed by atoms with E-state index >= 15 is 0 Å². The van der Waals surface area contributed by atoms with Crippen LogP contribution in [-0.2, 0) is 28.6 Å². The number of ether oxygens (including phenoxy) is 3. The summed E-state index contributed by atoms with van der Waals surface area (Å²) in [5, 5.41) is 0. The van der Waals surface area contributed by atoms with Gasteiger partial charge in [-0.3, -0.25) is 14.4 Å². The van der Waals surface area contributed by atoms with Crippen molar-refractivity contribution in [3.63, 3.8) is 0 Å². The van der Waals surface area contributed by atoms with Gasteiger partial charge in [-0.15, -0.1) is 0 Å². The summed E-state index contributed by atoms with van der Waals surface area (Å²) in [6.45, 7) is 6.42. The number of carbonyl (C=O) groups excluding carboxylic acids is 3. The van der Waals surface area contributed by atoms with Gasteiger partial charge in [0.25, 0.3) is 0 Å². The maximum absolute atomic E-state index is 12.6. The molecule has 6 heteroatoms. The lowest BCUT2D eigenvalue weighted by Crippen LogP contribution is -2.30.